The molecule has 0 radical (unpaired) electrons. The summed E-state index contributed by atoms with van der Waals surface area (Å²) in [5.41, 5.74) is 0.770. The van der Waals surface area contributed by atoms with Crippen molar-refractivity contribution in [1.29, 1.82) is 0 Å². The van der Waals surface area contributed by atoms with Gasteiger partial charge >= 0.3 is 0 Å². The lowest BCUT2D eigenvalue weighted by Crippen LogP contribution is -2.21. The van der Waals surface area contributed by atoms with Gasteiger partial charge in [0.25, 0.3) is 5.92 Å². The van der Waals surface area contributed by atoms with Crippen LogP contribution in [0.5, 0.6) is 5.75 Å². The van der Waals surface area contributed by atoms with Crippen molar-refractivity contribution in [3.05, 3.63) is 26.8 Å². The molecule has 17 heavy (non-hydrogen) atoms. The molecule has 0 aromatic heterocycles. The van der Waals surface area contributed by atoms with Crippen LogP contribution in [0, 0.1) is 3.57 Å². The molecule has 1 aliphatic rings. The van der Waals surface area contributed by atoms with Crippen LogP contribution in [0.4, 0.5) is 8.78 Å². The molecule has 0 fully saturated rings. The van der Waals surface area contributed by atoms with E-state index in [0.29, 0.717) is 27.1 Å². The van der Waals surface area contributed by atoms with Gasteiger partial charge in [0.05, 0.1) is 6.61 Å². The predicted octanol–water partition coefficient (Wildman–Crippen LogP) is 3.30. The molecule has 1 aromatic carbocycles. The minimum absolute atomic E-state index is 0.323. The van der Waals surface area contributed by atoms with Gasteiger partial charge in [0.15, 0.2) is 0 Å². The molecule has 0 amide bonds. The summed E-state index contributed by atoms with van der Waals surface area (Å²) >= 11 is 1.96. The molecule has 1 atom stereocenters. The van der Waals surface area contributed by atoms with Gasteiger partial charge in [0.2, 0.25) is 0 Å². The Bertz CT molecular complexity index is 435. The van der Waals surface area contributed by atoms with Gasteiger partial charge in [-0.15, -0.1) is 0 Å². The van der Waals surface area contributed by atoms with Gasteiger partial charge < -0.3 is 9.84 Å². The summed E-state index contributed by atoms with van der Waals surface area (Å²) in [4.78, 5) is 0. The standard InChI is InChI=1S/C12H13F2IO2/c1-2-5-17-9-4-3-8(15)10-7(9)6-12(13,14)11(10)16/h3-4,11,16H,2,5-6H2,1H3. The number of rotatable bonds is 3. The van der Waals surface area contributed by atoms with E-state index in [2.05, 4.69) is 0 Å². The van der Waals surface area contributed by atoms with Crippen molar-refractivity contribution in [2.75, 3.05) is 6.61 Å². The van der Waals surface area contributed by atoms with Crippen molar-refractivity contribution in [3.8, 4) is 5.75 Å². The van der Waals surface area contributed by atoms with Crippen molar-refractivity contribution in [2.24, 2.45) is 0 Å². The maximum atomic E-state index is 13.5. The topological polar surface area (TPSA) is 29.5 Å². The second kappa shape index (κ2) is 4.68. The maximum absolute atomic E-state index is 13.5. The molecule has 0 aliphatic heterocycles. The summed E-state index contributed by atoms with van der Waals surface area (Å²) in [6.45, 7) is 2.45. The Kier molecular flexibility index (Phi) is 3.58. The number of ether oxygens (including phenoxy) is 1. The first-order valence-corrected chi connectivity index (χ1v) is 6.55. The number of aliphatic hydroxyl groups is 1. The van der Waals surface area contributed by atoms with Gasteiger partial charge in [-0.3, -0.25) is 0 Å². The first-order valence-electron chi connectivity index (χ1n) is 5.47. The van der Waals surface area contributed by atoms with E-state index in [1.807, 2.05) is 29.5 Å². The van der Waals surface area contributed by atoms with E-state index in [0.717, 1.165) is 6.42 Å². The van der Waals surface area contributed by atoms with Crippen LogP contribution < -0.4 is 4.74 Å². The third-order valence-electron chi connectivity index (χ3n) is 2.81. The molecule has 0 saturated carbocycles. The first kappa shape index (κ1) is 13.0. The van der Waals surface area contributed by atoms with Gasteiger partial charge in [-0.25, -0.2) is 8.78 Å². The Morgan fingerprint density at radius 1 is 1.53 bits per heavy atom. The third-order valence-corrected chi connectivity index (χ3v) is 3.75. The lowest BCUT2D eigenvalue weighted by atomic mass is 10.1. The molecular weight excluding hydrogens is 341 g/mol. The summed E-state index contributed by atoms with van der Waals surface area (Å²) < 4.78 is 33.1. The molecule has 1 aliphatic carbocycles. The fourth-order valence-corrected chi connectivity index (χ4v) is 2.79. The molecule has 5 heteroatoms. The highest BCUT2D eigenvalue weighted by Gasteiger charge is 2.49. The number of hydrogen-bond donors (Lipinski definition) is 1. The lowest BCUT2D eigenvalue weighted by Gasteiger charge is -2.14. The normalized spacial score (nSPS) is 21.4. The van der Waals surface area contributed by atoms with Gasteiger partial charge in [-0.05, 0) is 41.1 Å². The number of alkyl halides is 2. The van der Waals surface area contributed by atoms with Crippen LogP contribution in [-0.4, -0.2) is 17.6 Å². The number of aliphatic hydroxyl groups excluding tert-OH is 1. The van der Waals surface area contributed by atoms with Crippen LogP contribution in [0.1, 0.15) is 30.6 Å². The summed E-state index contributed by atoms with van der Waals surface area (Å²) in [6.07, 6.45) is -1.34. The quantitative estimate of drug-likeness (QED) is 0.845. The van der Waals surface area contributed by atoms with Gasteiger partial charge in [-0.1, -0.05) is 6.92 Å². The van der Waals surface area contributed by atoms with Crippen LogP contribution >= 0.6 is 22.6 Å². The van der Waals surface area contributed by atoms with E-state index in [-0.39, 0.29) is 0 Å². The summed E-state index contributed by atoms with van der Waals surface area (Å²) in [5, 5.41) is 9.63. The minimum Gasteiger partial charge on any atom is -0.493 e. The highest BCUT2D eigenvalue weighted by atomic mass is 127. The van der Waals surface area contributed by atoms with Crippen LogP contribution in [0.2, 0.25) is 0 Å². The van der Waals surface area contributed by atoms with Crippen molar-refractivity contribution in [2.45, 2.75) is 31.8 Å². The van der Waals surface area contributed by atoms with Crippen LogP contribution in [0.3, 0.4) is 0 Å². The predicted molar refractivity (Wildman–Crippen MR) is 68.6 cm³/mol. The molecule has 1 N–H and O–H groups in total. The van der Waals surface area contributed by atoms with E-state index in [1.165, 1.54) is 0 Å². The second-order valence-electron chi connectivity index (χ2n) is 4.13. The largest absolute Gasteiger partial charge is 0.493 e. The molecular formula is C12H13F2IO2. The van der Waals surface area contributed by atoms with E-state index in [1.54, 1.807) is 12.1 Å². The zero-order chi connectivity index (χ0) is 12.6. The summed E-state index contributed by atoms with van der Waals surface area (Å²) in [7, 11) is 0. The number of benzene rings is 1. The highest BCUT2D eigenvalue weighted by Crippen LogP contribution is 2.48. The van der Waals surface area contributed by atoms with Gasteiger partial charge in [0, 0.05) is 21.1 Å². The molecule has 94 valence electrons. The van der Waals surface area contributed by atoms with E-state index in [9.17, 15) is 13.9 Å². The molecule has 1 unspecified atom stereocenters. The number of hydrogen-bond acceptors (Lipinski definition) is 2. The average molecular weight is 354 g/mol. The van der Waals surface area contributed by atoms with Crippen LogP contribution in [-0.2, 0) is 6.42 Å². The molecule has 1 aromatic rings. The molecule has 0 bridgehead atoms. The monoisotopic (exact) mass is 354 g/mol. The second-order valence-corrected chi connectivity index (χ2v) is 5.29. The average Bonchev–Trinajstić information content (AvgIpc) is 2.50. The molecule has 0 saturated heterocycles. The van der Waals surface area contributed by atoms with Crippen molar-refractivity contribution in [1.82, 2.24) is 0 Å². The van der Waals surface area contributed by atoms with E-state index >= 15 is 0 Å². The molecule has 2 rings (SSSR count). The van der Waals surface area contributed by atoms with Crippen LogP contribution in [0.15, 0.2) is 12.1 Å². The van der Waals surface area contributed by atoms with Gasteiger partial charge in [-0.2, -0.15) is 0 Å². The fraction of sp³-hybridized carbons (Fsp3) is 0.500. The van der Waals surface area contributed by atoms with Crippen molar-refractivity contribution in [3.63, 3.8) is 0 Å². The summed E-state index contributed by atoms with van der Waals surface area (Å²) in [5.74, 6) is -2.62. The van der Waals surface area contributed by atoms with Crippen LogP contribution in [0.25, 0.3) is 0 Å². The number of halogens is 3. The Hall–Kier alpha value is -0.430. The lowest BCUT2D eigenvalue weighted by molar-refractivity contribution is -0.0971. The Balaban J connectivity index is 2.43. The van der Waals surface area contributed by atoms with Crippen molar-refractivity contribution >= 4 is 22.6 Å². The van der Waals surface area contributed by atoms with E-state index in [4.69, 9.17) is 4.74 Å². The van der Waals surface area contributed by atoms with Gasteiger partial charge in [0.1, 0.15) is 11.9 Å². The molecule has 0 heterocycles. The molecule has 2 nitrogen and oxygen atoms in total. The van der Waals surface area contributed by atoms with E-state index < -0.39 is 18.4 Å². The zero-order valence-corrected chi connectivity index (χ0v) is 11.5. The fourth-order valence-electron chi connectivity index (χ4n) is 1.98. The third kappa shape index (κ3) is 2.27. The first-order chi connectivity index (χ1) is 7.97. The SMILES string of the molecule is CCCOc1ccc(I)c2c1CC(F)(F)C2O. The summed E-state index contributed by atoms with van der Waals surface area (Å²) in [6, 6.07) is 3.40. The number of fused-ring (bicyclic) bond motifs is 1. The molecule has 0 spiro atoms. The minimum atomic E-state index is -3.09. The smallest absolute Gasteiger partial charge is 0.281 e. The highest BCUT2D eigenvalue weighted by molar-refractivity contribution is 14.1. The van der Waals surface area contributed by atoms with Crippen molar-refractivity contribution < 1.29 is 18.6 Å². The Labute approximate surface area is 112 Å². The Morgan fingerprint density at radius 2 is 2.24 bits per heavy atom. The Morgan fingerprint density at radius 3 is 2.88 bits per heavy atom. The zero-order valence-electron chi connectivity index (χ0n) is 9.34. The maximum Gasteiger partial charge on any atom is 0.281 e.